The molecule has 0 fully saturated rings. The fourth-order valence-corrected chi connectivity index (χ4v) is 1.51. The van der Waals surface area contributed by atoms with Gasteiger partial charge in [-0.1, -0.05) is 51.9 Å². The highest BCUT2D eigenvalue weighted by Gasteiger charge is 2.03. The van der Waals surface area contributed by atoms with Crippen molar-refractivity contribution in [3.63, 3.8) is 0 Å². The molecule has 0 saturated heterocycles. The zero-order valence-corrected chi connectivity index (χ0v) is 9.21. The molecule has 0 N–H and O–H groups in total. The van der Waals surface area contributed by atoms with Gasteiger partial charge in [0.05, 0.1) is 5.92 Å². The Kier molecular flexibility index (Phi) is 9.93. The van der Waals surface area contributed by atoms with Gasteiger partial charge in [0.25, 0.3) is 0 Å². The highest BCUT2D eigenvalue weighted by Crippen LogP contribution is 2.10. The predicted octanol–water partition coefficient (Wildman–Crippen LogP) is 3.14. The van der Waals surface area contributed by atoms with Crippen molar-refractivity contribution in [2.45, 2.75) is 58.3 Å². The van der Waals surface area contributed by atoms with Crippen molar-refractivity contribution < 1.29 is 9.59 Å². The summed E-state index contributed by atoms with van der Waals surface area (Å²) in [6, 6.07) is 0. The van der Waals surface area contributed by atoms with Crippen molar-refractivity contribution in [1.82, 2.24) is 0 Å². The van der Waals surface area contributed by atoms with Crippen LogP contribution in [0.15, 0.2) is 0 Å². The monoisotopic (exact) mass is 198 g/mol. The SMILES string of the molecule is CCCCCCCCCC(C=O)C=O. The molecule has 0 radical (unpaired) electrons. The lowest BCUT2D eigenvalue weighted by atomic mass is 10.0. The van der Waals surface area contributed by atoms with Crippen LogP contribution in [0.3, 0.4) is 0 Å². The molecule has 0 aliphatic rings. The van der Waals surface area contributed by atoms with E-state index < -0.39 is 0 Å². The largest absolute Gasteiger partial charge is 0.303 e. The van der Waals surface area contributed by atoms with Crippen molar-refractivity contribution in [3.05, 3.63) is 0 Å². The van der Waals surface area contributed by atoms with Crippen LogP contribution in [0.1, 0.15) is 58.3 Å². The third-order valence-electron chi connectivity index (χ3n) is 2.49. The van der Waals surface area contributed by atoms with Gasteiger partial charge in [-0.2, -0.15) is 0 Å². The van der Waals surface area contributed by atoms with Crippen molar-refractivity contribution in [1.29, 1.82) is 0 Å². The minimum absolute atomic E-state index is 0.356. The van der Waals surface area contributed by atoms with E-state index in [1.54, 1.807) is 0 Å². The zero-order valence-electron chi connectivity index (χ0n) is 9.21. The molecule has 14 heavy (non-hydrogen) atoms. The Hall–Kier alpha value is -0.660. The molecule has 0 aromatic rings. The number of rotatable bonds is 10. The molecule has 0 atom stereocenters. The van der Waals surface area contributed by atoms with Gasteiger partial charge in [-0.25, -0.2) is 0 Å². The summed E-state index contributed by atoms with van der Waals surface area (Å²) in [5.41, 5.74) is 0. The fourth-order valence-electron chi connectivity index (χ4n) is 1.51. The van der Waals surface area contributed by atoms with E-state index in [4.69, 9.17) is 0 Å². The molecule has 0 aromatic heterocycles. The van der Waals surface area contributed by atoms with E-state index in [0.29, 0.717) is 0 Å². The van der Waals surface area contributed by atoms with E-state index in [9.17, 15) is 9.59 Å². The van der Waals surface area contributed by atoms with Crippen LogP contribution in [0.4, 0.5) is 0 Å². The van der Waals surface area contributed by atoms with Gasteiger partial charge < -0.3 is 9.59 Å². The molecule has 0 aromatic carbocycles. The molecule has 0 saturated carbocycles. The van der Waals surface area contributed by atoms with E-state index in [-0.39, 0.29) is 5.92 Å². The van der Waals surface area contributed by atoms with Gasteiger partial charge >= 0.3 is 0 Å². The molecular formula is C12H22O2. The van der Waals surface area contributed by atoms with E-state index in [2.05, 4.69) is 6.92 Å². The maximum absolute atomic E-state index is 10.3. The average Bonchev–Trinajstić information content (AvgIpc) is 2.22. The second kappa shape index (κ2) is 10.4. The minimum atomic E-state index is -0.356. The third kappa shape index (κ3) is 7.96. The zero-order chi connectivity index (χ0) is 10.6. The summed E-state index contributed by atoms with van der Waals surface area (Å²) in [6.07, 6.45) is 10.9. The summed E-state index contributed by atoms with van der Waals surface area (Å²) >= 11 is 0. The predicted molar refractivity (Wildman–Crippen MR) is 58.2 cm³/mol. The minimum Gasteiger partial charge on any atom is -0.303 e. The van der Waals surface area contributed by atoms with Crippen molar-refractivity contribution >= 4 is 12.6 Å². The first-order chi connectivity index (χ1) is 6.85. The van der Waals surface area contributed by atoms with E-state index in [1.807, 2.05) is 0 Å². The van der Waals surface area contributed by atoms with Crippen LogP contribution < -0.4 is 0 Å². The molecular weight excluding hydrogens is 176 g/mol. The summed E-state index contributed by atoms with van der Waals surface area (Å²) in [5, 5.41) is 0. The van der Waals surface area contributed by atoms with Crippen molar-refractivity contribution in [3.8, 4) is 0 Å². The van der Waals surface area contributed by atoms with Crippen LogP contribution >= 0.6 is 0 Å². The number of carbonyl (C=O) groups is 2. The first-order valence-corrected chi connectivity index (χ1v) is 5.75. The average molecular weight is 198 g/mol. The van der Waals surface area contributed by atoms with Gasteiger partial charge in [-0.15, -0.1) is 0 Å². The summed E-state index contributed by atoms with van der Waals surface area (Å²) < 4.78 is 0. The molecule has 0 spiro atoms. The Morgan fingerprint density at radius 1 is 0.857 bits per heavy atom. The number of unbranched alkanes of at least 4 members (excludes halogenated alkanes) is 6. The van der Waals surface area contributed by atoms with Crippen LogP contribution in [0, 0.1) is 5.92 Å². The standard InChI is InChI=1S/C12H22O2/c1-2-3-4-5-6-7-8-9-12(10-13)11-14/h10-12H,2-9H2,1H3. The molecule has 0 unspecified atom stereocenters. The summed E-state index contributed by atoms with van der Waals surface area (Å²) in [7, 11) is 0. The molecule has 0 rings (SSSR count). The van der Waals surface area contributed by atoms with Gasteiger partial charge in [0, 0.05) is 0 Å². The van der Waals surface area contributed by atoms with Gasteiger partial charge in [-0.05, 0) is 6.42 Å². The van der Waals surface area contributed by atoms with Gasteiger partial charge in [0.15, 0.2) is 0 Å². The topological polar surface area (TPSA) is 34.1 Å². The van der Waals surface area contributed by atoms with Gasteiger partial charge in [0.1, 0.15) is 12.6 Å². The van der Waals surface area contributed by atoms with E-state index in [0.717, 1.165) is 31.8 Å². The van der Waals surface area contributed by atoms with Crippen molar-refractivity contribution in [2.75, 3.05) is 0 Å². The normalized spacial score (nSPS) is 10.4. The second-order valence-corrected chi connectivity index (χ2v) is 3.85. The molecule has 2 heteroatoms. The highest BCUT2D eigenvalue weighted by atomic mass is 16.1. The summed E-state index contributed by atoms with van der Waals surface area (Å²) in [5.74, 6) is -0.356. The Labute approximate surface area is 87.1 Å². The lowest BCUT2D eigenvalue weighted by Gasteiger charge is -2.02. The Bertz CT molecular complexity index is 135. The lowest BCUT2D eigenvalue weighted by molar-refractivity contribution is -0.119. The number of hydrogen-bond acceptors (Lipinski definition) is 2. The fraction of sp³-hybridized carbons (Fsp3) is 0.833. The summed E-state index contributed by atoms with van der Waals surface area (Å²) in [4.78, 5) is 20.6. The smallest absolute Gasteiger partial charge is 0.130 e. The van der Waals surface area contributed by atoms with Crippen LogP contribution in [0.25, 0.3) is 0 Å². The van der Waals surface area contributed by atoms with Crippen molar-refractivity contribution in [2.24, 2.45) is 5.92 Å². The third-order valence-corrected chi connectivity index (χ3v) is 2.49. The molecule has 0 bridgehead atoms. The van der Waals surface area contributed by atoms with Gasteiger partial charge in [0.2, 0.25) is 0 Å². The molecule has 0 heterocycles. The molecule has 82 valence electrons. The van der Waals surface area contributed by atoms with Crippen LogP contribution in [-0.4, -0.2) is 12.6 Å². The van der Waals surface area contributed by atoms with Crippen LogP contribution in [-0.2, 0) is 9.59 Å². The first-order valence-electron chi connectivity index (χ1n) is 5.75. The quantitative estimate of drug-likeness (QED) is 0.307. The Balaban J connectivity index is 3.12. The van der Waals surface area contributed by atoms with Crippen LogP contribution in [0.5, 0.6) is 0 Å². The molecule has 0 aliphatic heterocycles. The molecule has 0 amide bonds. The Morgan fingerprint density at radius 3 is 1.86 bits per heavy atom. The number of hydrogen-bond donors (Lipinski definition) is 0. The molecule has 2 nitrogen and oxygen atoms in total. The number of aldehydes is 2. The maximum Gasteiger partial charge on any atom is 0.130 e. The molecule has 0 aliphatic carbocycles. The summed E-state index contributed by atoms with van der Waals surface area (Å²) in [6.45, 7) is 2.21. The lowest BCUT2D eigenvalue weighted by Crippen LogP contribution is -2.02. The highest BCUT2D eigenvalue weighted by molar-refractivity contribution is 5.77. The maximum atomic E-state index is 10.3. The van der Waals surface area contributed by atoms with E-state index in [1.165, 1.54) is 32.1 Å². The Morgan fingerprint density at radius 2 is 1.36 bits per heavy atom. The van der Waals surface area contributed by atoms with Gasteiger partial charge in [-0.3, -0.25) is 0 Å². The van der Waals surface area contributed by atoms with E-state index >= 15 is 0 Å². The second-order valence-electron chi connectivity index (χ2n) is 3.85. The number of carbonyl (C=O) groups excluding carboxylic acids is 2. The van der Waals surface area contributed by atoms with Crippen LogP contribution in [0.2, 0.25) is 0 Å². The first kappa shape index (κ1) is 13.3.